The number of aryl methyl sites for hydroxylation is 1. The van der Waals surface area contributed by atoms with Crippen molar-refractivity contribution in [1.29, 1.82) is 0 Å². The molecule has 0 amide bonds. The molecule has 0 unspecified atom stereocenters. The van der Waals surface area contributed by atoms with Crippen LogP contribution < -0.4 is 11.2 Å². The first kappa shape index (κ1) is 21.7. The van der Waals surface area contributed by atoms with Gasteiger partial charge in [-0.1, -0.05) is 11.1 Å². The van der Waals surface area contributed by atoms with Crippen molar-refractivity contribution >= 4 is 11.0 Å². The first-order valence-corrected chi connectivity index (χ1v) is 10.6. The van der Waals surface area contributed by atoms with Crippen molar-refractivity contribution in [3.63, 3.8) is 0 Å². The lowest BCUT2D eigenvalue weighted by Crippen LogP contribution is -2.46. The van der Waals surface area contributed by atoms with Gasteiger partial charge < -0.3 is 0 Å². The fourth-order valence-corrected chi connectivity index (χ4v) is 4.03. The lowest BCUT2D eigenvalue weighted by Gasteiger charge is -2.32. The number of likely N-dealkylation sites (tertiary alicyclic amines) is 1. The zero-order valence-electron chi connectivity index (χ0n) is 18.2. The van der Waals surface area contributed by atoms with Crippen LogP contribution in [0.3, 0.4) is 0 Å². The summed E-state index contributed by atoms with van der Waals surface area (Å²) >= 11 is 0. The van der Waals surface area contributed by atoms with Gasteiger partial charge >= 0.3 is 5.69 Å². The van der Waals surface area contributed by atoms with Crippen molar-refractivity contribution in [1.82, 2.24) is 34.0 Å². The molecule has 11 heteroatoms. The van der Waals surface area contributed by atoms with E-state index in [1.807, 2.05) is 4.90 Å². The number of aromatic nitrogens is 6. The number of halogens is 2. The molecule has 0 saturated carbocycles. The van der Waals surface area contributed by atoms with Crippen molar-refractivity contribution in [2.45, 2.75) is 26.4 Å². The summed E-state index contributed by atoms with van der Waals surface area (Å²) in [6.07, 6.45) is 9.54. The van der Waals surface area contributed by atoms with E-state index >= 15 is 0 Å². The molecule has 34 heavy (non-hydrogen) atoms. The Morgan fingerprint density at radius 1 is 1.12 bits per heavy atom. The van der Waals surface area contributed by atoms with Crippen LogP contribution in [0, 0.1) is 30.9 Å². The molecule has 4 heterocycles. The van der Waals surface area contributed by atoms with Crippen molar-refractivity contribution in [2.75, 3.05) is 13.1 Å². The first-order chi connectivity index (χ1) is 16.4. The van der Waals surface area contributed by atoms with Gasteiger partial charge in [0, 0.05) is 24.9 Å². The first-order valence-electron chi connectivity index (χ1n) is 10.6. The highest BCUT2D eigenvalue weighted by Gasteiger charge is 2.27. The van der Waals surface area contributed by atoms with Gasteiger partial charge in [0.15, 0.2) is 17.3 Å². The highest BCUT2D eigenvalue weighted by molar-refractivity contribution is 5.76. The molecule has 4 aromatic rings. The lowest BCUT2D eigenvalue weighted by molar-refractivity contribution is 0.167. The normalized spacial score (nSPS) is 13.7. The van der Waals surface area contributed by atoms with Gasteiger partial charge in [-0.25, -0.2) is 22.8 Å². The minimum atomic E-state index is -1.11. The molecule has 0 N–H and O–H groups in total. The van der Waals surface area contributed by atoms with E-state index in [2.05, 4.69) is 21.2 Å². The fraction of sp³-hybridized carbons (Fsp3) is 0.261. The molecule has 1 fully saturated rings. The van der Waals surface area contributed by atoms with Crippen LogP contribution in [0.1, 0.15) is 17.7 Å². The molecule has 0 atom stereocenters. The molecule has 0 bridgehead atoms. The Hall–Kier alpha value is -4.17. The number of terminal acetylenes is 1. The maximum Gasteiger partial charge on any atom is 0.336 e. The summed E-state index contributed by atoms with van der Waals surface area (Å²) in [5.74, 6) is 0.276. The van der Waals surface area contributed by atoms with Crippen LogP contribution in [0.5, 0.6) is 0 Å². The smallest absolute Gasteiger partial charge is 0.297 e. The maximum atomic E-state index is 14.1. The van der Waals surface area contributed by atoms with Crippen LogP contribution in [0.2, 0.25) is 0 Å². The summed E-state index contributed by atoms with van der Waals surface area (Å²) in [6.45, 7) is 3.49. The molecule has 0 radical (unpaired) electrons. The maximum absolute atomic E-state index is 14.1. The lowest BCUT2D eigenvalue weighted by atomic mass is 10.2. The minimum absolute atomic E-state index is 0.0169. The number of benzene rings is 1. The molecule has 5 rings (SSSR count). The summed E-state index contributed by atoms with van der Waals surface area (Å²) in [5.41, 5.74) is 0.112. The summed E-state index contributed by atoms with van der Waals surface area (Å²) < 4.78 is 31.3. The monoisotopic (exact) mass is 463 g/mol. The number of hydrogen-bond acceptors (Lipinski definition) is 6. The van der Waals surface area contributed by atoms with Gasteiger partial charge in [-0.15, -0.1) is 11.5 Å². The van der Waals surface area contributed by atoms with Crippen LogP contribution in [-0.4, -0.2) is 47.1 Å². The van der Waals surface area contributed by atoms with Crippen LogP contribution in [0.4, 0.5) is 8.78 Å². The van der Waals surface area contributed by atoms with E-state index in [1.165, 1.54) is 10.8 Å². The van der Waals surface area contributed by atoms with Crippen LogP contribution >= 0.6 is 0 Å². The third-order valence-corrected chi connectivity index (χ3v) is 5.82. The Kier molecular flexibility index (Phi) is 5.30. The molecule has 172 valence electrons. The summed E-state index contributed by atoms with van der Waals surface area (Å²) in [6, 6.07) is 3.47. The summed E-state index contributed by atoms with van der Waals surface area (Å²) in [4.78, 5) is 33.5. The third-order valence-electron chi connectivity index (χ3n) is 5.82. The second-order valence-electron chi connectivity index (χ2n) is 8.12. The van der Waals surface area contributed by atoms with Gasteiger partial charge in [0.25, 0.3) is 5.56 Å². The van der Waals surface area contributed by atoms with Gasteiger partial charge in [-0.3, -0.25) is 19.2 Å². The molecule has 0 aliphatic carbocycles. The highest BCUT2D eigenvalue weighted by atomic mass is 19.2. The number of pyridine rings is 1. The average Bonchev–Trinajstić information content (AvgIpc) is 3.15. The van der Waals surface area contributed by atoms with Crippen LogP contribution in [0.15, 0.2) is 40.2 Å². The van der Waals surface area contributed by atoms with Gasteiger partial charge in [0.2, 0.25) is 0 Å². The van der Waals surface area contributed by atoms with E-state index in [0.29, 0.717) is 5.69 Å². The molecular formula is C23H19F2N7O2. The number of nitrogens with zero attached hydrogens (tertiary/aromatic N) is 7. The zero-order valence-corrected chi connectivity index (χ0v) is 18.2. The van der Waals surface area contributed by atoms with Gasteiger partial charge in [0.05, 0.1) is 29.6 Å². The second-order valence-corrected chi connectivity index (χ2v) is 8.12. The Morgan fingerprint density at radius 2 is 1.88 bits per heavy atom. The molecule has 1 aliphatic heterocycles. The summed E-state index contributed by atoms with van der Waals surface area (Å²) in [7, 11) is 0. The molecule has 9 nitrogen and oxygen atoms in total. The Balaban J connectivity index is 1.89. The Labute approximate surface area is 191 Å². The largest absolute Gasteiger partial charge is 0.336 e. The SMILES string of the molecule is C#CCn1c(CN2CCC2)c(-n2nnc3cc(F)c(F)cc32)c(=O)n(-c2cncc(C)c2)c1=O. The predicted octanol–water partition coefficient (Wildman–Crippen LogP) is 1.55. The van der Waals surface area contributed by atoms with Crippen LogP contribution in [0.25, 0.3) is 22.4 Å². The standard InChI is InChI=1S/C23H19F2N7O2/c1-3-5-30-20(13-29-6-4-7-29)21(32-19-10-17(25)16(24)9-18(19)27-28-32)22(33)31(23(30)34)15-8-14(2)11-26-12-15/h1,8-12H,4-7,13H2,2H3. The van der Waals surface area contributed by atoms with Crippen molar-refractivity contribution in [2.24, 2.45) is 0 Å². The zero-order chi connectivity index (χ0) is 24.0. The van der Waals surface area contributed by atoms with Crippen molar-refractivity contribution in [3.05, 3.63) is 74.3 Å². The van der Waals surface area contributed by atoms with Gasteiger partial charge in [-0.2, -0.15) is 0 Å². The summed E-state index contributed by atoms with van der Waals surface area (Å²) in [5, 5.41) is 7.93. The van der Waals surface area contributed by atoms with E-state index in [-0.39, 0.29) is 35.5 Å². The predicted molar refractivity (Wildman–Crippen MR) is 120 cm³/mol. The van der Waals surface area contributed by atoms with E-state index < -0.39 is 22.9 Å². The number of fused-ring (bicyclic) bond motifs is 1. The highest BCUT2D eigenvalue weighted by Crippen LogP contribution is 2.22. The Bertz CT molecular complexity index is 1590. The Morgan fingerprint density at radius 3 is 2.56 bits per heavy atom. The minimum Gasteiger partial charge on any atom is -0.297 e. The number of hydrogen-bond donors (Lipinski definition) is 0. The molecule has 3 aromatic heterocycles. The fourth-order valence-electron chi connectivity index (χ4n) is 4.03. The second kappa shape index (κ2) is 8.31. The topological polar surface area (TPSA) is 90.8 Å². The van der Waals surface area contributed by atoms with E-state index in [1.54, 1.807) is 19.2 Å². The van der Waals surface area contributed by atoms with Crippen molar-refractivity contribution < 1.29 is 8.78 Å². The van der Waals surface area contributed by atoms with Gasteiger partial charge in [0.1, 0.15) is 5.52 Å². The molecular weight excluding hydrogens is 444 g/mol. The molecule has 1 aromatic carbocycles. The average molecular weight is 463 g/mol. The van der Waals surface area contributed by atoms with E-state index in [0.717, 1.165) is 46.5 Å². The van der Waals surface area contributed by atoms with Crippen LogP contribution in [-0.2, 0) is 13.1 Å². The molecule has 1 saturated heterocycles. The van der Waals surface area contributed by atoms with E-state index in [4.69, 9.17) is 6.42 Å². The van der Waals surface area contributed by atoms with Crippen molar-refractivity contribution in [3.8, 4) is 23.7 Å². The number of rotatable bonds is 5. The van der Waals surface area contributed by atoms with E-state index in [9.17, 15) is 18.4 Å². The molecule has 1 aliphatic rings. The molecule has 0 spiro atoms. The van der Waals surface area contributed by atoms with Gasteiger partial charge in [-0.05, 0) is 38.1 Å². The quantitative estimate of drug-likeness (QED) is 0.417. The third kappa shape index (κ3) is 3.48.